The molecule has 0 aliphatic carbocycles. The number of para-hydroxylation sites is 1. The number of aromatic nitrogens is 4. The molecule has 0 bridgehead atoms. The van der Waals surface area contributed by atoms with E-state index in [1.807, 2.05) is 36.8 Å². The predicted molar refractivity (Wildman–Crippen MR) is 89.4 cm³/mol. The highest BCUT2D eigenvalue weighted by Crippen LogP contribution is 2.19. The summed E-state index contributed by atoms with van der Waals surface area (Å²) in [5.41, 5.74) is 2.40. The molecule has 0 amide bonds. The van der Waals surface area contributed by atoms with Crippen molar-refractivity contribution in [1.29, 1.82) is 0 Å². The zero-order chi connectivity index (χ0) is 15.6. The number of aryl methyl sites for hydroxylation is 1. The van der Waals surface area contributed by atoms with Gasteiger partial charge >= 0.3 is 0 Å². The Kier molecular flexibility index (Phi) is 3.71. The molecule has 1 atom stereocenters. The van der Waals surface area contributed by atoms with E-state index >= 15 is 0 Å². The molecule has 1 N–H and O–H groups in total. The van der Waals surface area contributed by atoms with Crippen LogP contribution in [0.2, 0.25) is 0 Å². The van der Waals surface area contributed by atoms with Gasteiger partial charge in [0, 0.05) is 43.8 Å². The van der Waals surface area contributed by atoms with E-state index < -0.39 is 0 Å². The fraction of sp³-hybridized carbons (Fsp3) is 0.333. The first-order valence-electron chi connectivity index (χ1n) is 8.18. The van der Waals surface area contributed by atoms with E-state index in [-0.39, 0.29) is 6.04 Å². The Morgan fingerprint density at radius 2 is 2.09 bits per heavy atom. The Bertz CT molecular complexity index is 787. The third-order valence-corrected chi connectivity index (χ3v) is 4.48. The summed E-state index contributed by atoms with van der Waals surface area (Å²) in [5, 5.41) is 3.58. The second-order valence-electron chi connectivity index (χ2n) is 6.01. The van der Waals surface area contributed by atoms with Crippen LogP contribution in [0.25, 0.3) is 5.69 Å². The SMILES string of the molecule is CC(NCc1cnc2n1CCC2)c1nccn1-c1ccccc1. The van der Waals surface area contributed by atoms with Gasteiger partial charge in [-0.05, 0) is 25.5 Å². The van der Waals surface area contributed by atoms with Crippen LogP contribution < -0.4 is 5.32 Å². The fourth-order valence-electron chi connectivity index (χ4n) is 3.25. The fourth-order valence-corrected chi connectivity index (χ4v) is 3.25. The van der Waals surface area contributed by atoms with E-state index in [2.05, 4.69) is 43.5 Å². The maximum Gasteiger partial charge on any atom is 0.130 e. The van der Waals surface area contributed by atoms with Gasteiger partial charge in [0.25, 0.3) is 0 Å². The van der Waals surface area contributed by atoms with Crippen LogP contribution in [0.5, 0.6) is 0 Å². The minimum atomic E-state index is 0.165. The van der Waals surface area contributed by atoms with Crippen molar-refractivity contribution in [1.82, 2.24) is 24.4 Å². The lowest BCUT2D eigenvalue weighted by Crippen LogP contribution is -2.22. The van der Waals surface area contributed by atoms with E-state index in [0.29, 0.717) is 0 Å². The van der Waals surface area contributed by atoms with E-state index in [1.54, 1.807) is 0 Å². The standard InChI is InChI=1S/C18H21N5/c1-14(20-12-16-13-21-17-8-5-10-22(16)17)18-19-9-11-23(18)15-6-3-2-4-7-15/h2-4,6-7,9,11,13-14,20H,5,8,10,12H2,1H3. The smallest absolute Gasteiger partial charge is 0.130 e. The molecule has 1 aliphatic heterocycles. The van der Waals surface area contributed by atoms with E-state index in [1.165, 1.54) is 17.9 Å². The highest BCUT2D eigenvalue weighted by molar-refractivity contribution is 5.33. The molecule has 3 heterocycles. The van der Waals surface area contributed by atoms with Crippen molar-refractivity contribution in [3.8, 4) is 5.69 Å². The molecular weight excluding hydrogens is 286 g/mol. The molecule has 118 valence electrons. The van der Waals surface area contributed by atoms with Gasteiger partial charge in [-0.15, -0.1) is 0 Å². The molecule has 4 rings (SSSR count). The highest BCUT2D eigenvalue weighted by atomic mass is 15.1. The van der Waals surface area contributed by atoms with Gasteiger partial charge in [0.15, 0.2) is 0 Å². The second-order valence-corrected chi connectivity index (χ2v) is 6.01. The molecule has 0 radical (unpaired) electrons. The molecule has 1 aromatic carbocycles. The predicted octanol–water partition coefficient (Wildman–Crippen LogP) is 2.87. The van der Waals surface area contributed by atoms with Crippen LogP contribution in [0.1, 0.15) is 36.7 Å². The zero-order valence-corrected chi connectivity index (χ0v) is 13.3. The Morgan fingerprint density at radius 1 is 1.22 bits per heavy atom. The van der Waals surface area contributed by atoms with E-state index in [0.717, 1.165) is 31.0 Å². The average molecular weight is 307 g/mol. The monoisotopic (exact) mass is 307 g/mol. The summed E-state index contributed by atoms with van der Waals surface area (Å²) in [4.78, 5) is 9.05. The lowest BCUT2D eigenvalue weighted by atomic mass is 10.2. The molecular formula is C18H21N5. The van der Waals surface area contributed by atoms with Gasteiger partial charge in [-0.1, -0.05) is 18.2 Å². The first-order valence-corrected chi connectivity index (χ1v) is 8.18. The molecule has 0 saturated heterocycles. The summed E-state index contributed by atoms with van der Waals surface area (Å²) in [7, 11) is 0. The minimum absolute atomic E-state index is 0.165. The Labute approximate surface area is 136 Å². The molecule has 1 aliphatic rings. The third-order valence-electron chi connectivity index (χ3n) is 4.48. The molecule has 0 spiro atoms. The Balaban J connectivity index is 1.50. The van der Waals surface area contributed by atoms with Crippen molar-refractivity contribution in [3.63, 3.8) is 0 Å². The van der Waals surface area contributed by atoms with Gasteiger partial charge < -0.3 is 14.5 Å². The third kappa shape index (κ3) is 2.68. The lowest BCUT2D eigenvalue weighted by molar-refractivity contribution is 0.522. The van der Waals surface area contributed by atoms with Crippen molar-refractivity contribution < 1.29 is 0 Å². The largest absolute Gasteiger partial charge is 0.331 e. The van der Waals surface area contributed by atoms with Crippen LogP contribution in [0.4, 0.5) is 0 Å². The molecule has 1 unspecified atom stereocenters. The first kappa shape index (κ1) is 14.2. The molecule has 5 heteroatoms. The van der Waals surface area contributed by atoms with E-state index in [9.17, 15) is 0 Å². The van der Waals surface area contributed by atoms with Gasteiger partial charge in [0.05, 0.1) is 11.7 Å². The van der Waals surface area contributed by atoms with Crippen molar-refractivity contribution in [2.45, 2.75) is 38.9 Å². The van der Waals surface area contributed by atoms with Crippen LogP contribution in [-0.4, -0.2) is 19.1 Å². The van der Waals surface area contributed by atoms with Crippen molar-refractivity contribution in [2.24, 2.45) is 0 Å². The summed E-state index contributed by atoms with van der Waals surface area (Å²) in [6.07, 6.45) is 8.19. The molecule has 5 nitrogen and oxygen atoms in total. The normalized spacial score (nSPS) is 14.8. The molecule has 2 aromatic heterocycles. The highest BCUT2D eigenvalue weighted by Gasteiger charge is 2.17. The molecule has 3 aromatic rings. The Hall–Kier alpha value is -2.40. The molecule has 0 fully saturated rings. The van der Waals surface area contributed by atoms with E-state index in [4.69, 9.17) is 0 Å². The zero-order valence-electron chi connectivity index (χ0n) is 13.3. The summed E-state index contributed by atoms with van der Waals surface area (Å²) >= 11 is 0. The minimum Gasteiger partial charge on any atom is -0.331 e. The van der Waals surface area contributed by atoms with Crippen LogP contribution in [0.3, 0.4) is 0 Å². The van der Waals surface area contributed by atoms with Crippen molar-refractivity contribution in [2.75, 3.05) is 0 Å². The summed E-state index contributed by atoms with van der Waals surface area (Å²) in [6, 6.07) is 10.5. The number of hydrogen-bond donors (Lipinski definition) is 1. The number of benzene rings is 1. The van der Waals surface area contributed by atoms with Gasteiger partial charge in [0.1, 0.15) is 11.6 Å². The number of fused-ring (bicyclic) bond motifs is 1. The quantitative estimate of drug-likeness (QED) is 0.788. The topological polar surface area (TPSA) is 47.7 Å². The van der Waals surface area contributed by atoms with Crippen LogP contribution in [0.15, 0.2) is 48.9 Å². The van der Waals surface area contributed by atoms with Gasteiger partial charge in [-0.3, -0.25) is 0 Å². The number of nitrogens with one attached hydrogen (secondary N) is 1. The first-order chi connectivity index (χ1) is 11.3. The van der Waals surface area contributed by atoms with Crippen molar-refractivity contribution >= 4 is 0 Å². The van der Waals surface area contributed by atoms with Crippen LogP contribution >= 0.6 is 0 Å². The lowest BCUT2D eigenvalue weighted by Gasteiger charge is -2.16. The van der Waals surface area contributed by atoms with Gasteiger partial charge in [-0.25, -0.2) is 9.97 Å². The summed E-state index contributed by atoms with van der Waals surface area (Å²) in [5.74, 6) is 2.25. The molecule has 0 saturated carbocycles. The number of nitrogens with zero attached hydrogens (tertiary/aromatic N) is 4. The number of hydrogen-bond acceptors (Lipinski definition) is 3. The van der Waals surface area contributed by atoms with Crippen LogP contribution in [0, 0.1) is 0 Å². The number of rotatable bonds is 5. The maximum atomic E-state index is 4.54. The van der Waals surface area contributed by atoms with Crippen LogP contribution in [-0.2, 0) is 19.5 Å². The van der Waals surface area contributed by atoms with Gasteiger partial charge in [-0.2, -0.15) is 0 Å². The average Bonchev–Trinajstić information content (AvgIpc) is 3.30. The van der Waals surface area contributed by atoms with Crippen molar-refractivity contribution in [3.05, 3.63) is 66.3 Å². The molecule has 23 heavy (non-hydrogen) atoms. The summed E-state index contributed by atoms with van der Waals surface area (Å²) < 4.78 is 4.47. The summed E-state index contributed by atoms with van der Waals surface area (Å²) in [6.45, 7) is 4.07. The van der Waals surface area contributed by atoms with Gasteiger partial charge in [0.2, 0.25) is 0 Å². The Morgan fingerprint density at radius 3 is 2.96 bits per heavy atom. The number of imidazole rings is 2. The maximum absolute atomic E-state index is 4.54. The second kappa shape index (κ2) is 6.01.